The molecule has 0 aliphatic carbocycles. The number of nitrogens with zero attached hydrogens (tertiary/aromatic N) is 2. The van der Waals surface area contributed by atoms with Crippen LogP contribution < -0.4 is 11.5 Å². The molecule has 4 aromatic rings. The van der Waals surface area contributed by atoms with E-state index in [1.54, 1.807) is 64.1 Å². The average molecular weight is 473 g/mol. The fourth-order valence-corrected chi connectivity index (χ4v) is 3.67. The van der Waals surface area contributed by atoms with E-state index in [4.69, 9.17) is 34.7 Å². The second-order valence-electron chi connectivity index (χ2n) is 8.64. The Hall–Kier alpha value is -2.64. The molecular weight excluding hydrogens is 447 g/mol. The molecule has 0 spiro atoms. The fraction of sp³-hybridized carbons (Fsp3) is 0.250. The number of hydrogen-bond donors (Lipinski definition) is 4. The molecule has 168 valence electrons. The summed E-state index contributed by atoms with van der Waals surface area (Å²) in [6.45, 7) is 6.64. The zero-order chi connectivity index (χ0) is 23.8. The number of anilines is 2. The number of hydrogen-bond acceptors (Lipinski definition) is 6. The number of pyridine rings is 2. The molecule has 8 heteroatoms. The number of aliphatic hydroxyl groups is 2. The van der Waals surface area contributed by atoms with Crippen LogP contribution in [-0.4, -0.2) is 20.2 Å². The van der Waals surface area contributed by atoms with E-state index in [0.29, 0.717) is 32.8 Å². The Kier molecular flexibility index (Phi) is 6.54. The normalized spacial score (nSPS) is 12.0. The first kappa shape index (κ1) is 24.0. The van der Waals surface area contributed by atoms with E-state index in [9.17, 15) is 10.2 Å². The van der Waals surface area contributed by atoms with Crippen LogP contribution in [-0.2, 0) is 11.2 Å². The van der Waals surface area contributed by atoms with E-state index in [2.05, 4.69) is 9.97 Å². The van der Waals surface area contributed by atoms with Gasteiger partial charge in [0.2, 0.25) is 0 Å². The van der Waals surface area contributed by atoms with Crippen molar-refractivity contribution in [1.82, 2.24) is 9.97 Å². The maximum Gasteiger partial charge on any atom is 0.103 e. The molecule has 2 aromatic carbocycles. The molecule has 6 N–H and O–H groups in total. The molecule has 0 aliphatic heterocycles. The Morgan fingerprint density at radius 1 is 0.656 bits per heavy atom. The first-order valence-electron chi connectivity index (χ1n) is 9.93. The minimum Gasteiger partial charge on any atom is -0.397 e. The van der Waals surface area contributed by atoms with Crippen molar-refractivity contribution in [2.45, 2.75) is 38.9 Å². The third kappa shape index (κ3) is 5.40. The summed E-state index contributed by atoms with van der Waals surface area (Å²) in [4.78, 5) is 8.71. The van der Waals surface area contributed by atoms with Gasteiger partial charge in [-0.2, -0.15) is 0 Å². The monoisotopic (exact) mass is 472 g/mol. The summed E-state index contributed by atoms with van der Waals surface area (Å²) in [5, 5.41) is 22.9. The van der Waals surface area contributed by atoms with Crippen molar-refractivity contribution in [2.24, 2.45) is 0 Å². The first-order chi connectivity index (χ1) is 14.8. The maximum atomic E-state index is 9.92. The Bertz CT molecular complexity index is 1190. The molecule has 2 aromatic heterocycles. The molecule has 0 atom stereocenters. The second-order valence-corrected chi connectivity index (χ2v) is 9.52. The van der Waals surface area contributed by atoms with Gasteiger partial charge in [0.25, 0.3) is 0 Å². The third-order valence-electron chi connectivity index (χ3n) is 4.77. The average Bonchev–Trinajstić information content (AvgIpc) is 2.65. The van der Waals surface area contributed by atoms with Crippen LogP contribution in [0.3, 0.4) is 0 Å². The molecule has 0 amide bonds. The van der Waals surface area contributed by atoms with Gasteiger partial charge in [0.15, 0.2) is 0 Å². The summed E-state index contributed by atoms with van der Waals surface area (Å²) in [6, 6.07) is 14.3. The molecule has 4 rings (SSSR count). The largest absolute Gasteiger partial charge is 0.397 e. The standard InChI is InChI=1S/2C12H13ClN2O/c2*1-12(2,16)11-9(14)6-7-5-8(13)3-4-10(7)15-11/h2*3-6,16H,14H2,1-2H3. The molecule has 2 heterocycles. The van der Waals surface area contributed by atoms with Gasteiger partial charge >= 0.3 is 0 Å². The number of halogens is 2. The van der Waals surface area contributed by atoms with Gasteiger partial charge in [-0.05, 0) is 76.2 Å². The molecule has 0 saturated heterocycles. The zero-order valence-corrected chi connectivity index (χ0v) is 19.8. The Morgan fingerprint density at radius 3 is 1.31 bits per heavy atom. The highest BCUT2D eigenvalue weighted by Gasteiger charge is 2.22. The van der Waals surface area contributed by atoms with Crippen molar-refractivity contribution in [3.63, 3.8) is 0 Å². The topological polar surface area (TPSA) is 118 Å². The molecular formula is C24H26Cl2N4O2. The van der Waals surface area contributed by atoms with Crippen LogP contribution in [0.15, 0.2) is 48.5 Å². The van der Waals surface area contributed by atoms with Crippen LogP contribution in [0.25, 0.3) is 21.8 Å². The lowest BCUT2D eigenvalue weighted by molar-refractivity contribution is 0.0745. The molecule has 0 unspecified atom stereocenters. The molecule has 0 saturated carbocycles. The van der Waals surface area contributed by atoms with Crippen LogP contribution in [0.1, 0.15) is 39.1 Å². The van der Waals surface area contributed by atoms with E-state index in [-0.39, 0.29) is 0 Å². The number of nitrogens with two attached hydrogens (primary N) is 2. The van der Waals surface area contributed by atoms with Gasteiger partial charge in [0.05, 0.1) is 33.8 Å². The van der Waals surface area contributed by atoms with Gasteiger partial charge < -0.3 is 21.7 Å². The second kappa shape index (κ2) is 8.71. The molecule has 0 aliphatic rings. The van der Waals surface area contributed by atoms with Crippen molar-refractivity contribution in [2.75, 3.05) is 11.5 Å². The lowest BCUT2D eigenvalue weighted by Gasteiger charge is -2.19. The van der Waals surface area contributed by atoms with Crippen LogP contribution in [0.4, 0.5) is 11.4 Å². The van der Waals surface area contributed by atoms with E-state index >= 15 is 0 Å². The Balaban J connectivity index is 0.000000181. The van der Waals surface area contributed by atoms with E-state index < -0.39 is 11.2 Å². The number of rotatable bonds is 2. The van der Waals surface area contributed by atoms with Crippen LogP contribution in [0.2, 0.25) is 10.0 Å². The molecule has 0 bridgehead atoms. The van der Waals surface area contributed by atoms with Crippen molar-refractivity contribution in [1.29, 1.82) is 0 Å². The quantitative estimate of drug-likeness (QED) is 0.310. The van der Waals surface area contributed by atoms with E-state index in [0.717, 1.165) is 21.8 Å². The number of aromatic nitrogens is 2. The molecule has 6 nitrogen and oxygen atoms in total. The van der Waals surface area contributed by atoms with Crippen molar-refractivity contribution < 1.29 is 10.2 Å². The Morgan fingerprint density at radius 2 is 1.00 bits per heavy atom. The summed E-state index contributed by atoms with van der Waals surface area (Å²) in [6.07, 6.45) is 0. The lowest BCUT2D eigenvalue weighted by atomic mass is 10.0. The SMILES string of the molecule is CC(C)(O)c1nc2ccc(Cl)cc2cc1N.CC(C)(O)c1nc2ccc(Cl)cc2cc1N. The molecule has 32 heavy (non-hydrogen) atoms. The number of nitrogen functional groups attached to an aromatic ring is 2. The highest BCUT2D eigenvalue weighted by Crippen LogP contribution is 2.29. The maximum absolute atomic E-state index is 9.92. The summed E-state index contributed by atoms with van der Waals surface area (Å²) >= 11 is 11.8. The molecule has 0 fully saturated rings. The predicted molar refractivity (Wildman–Crippen MR) is 133 cm³/mol. The van der Waals surface area contributed by atoms with Gasteiger partial charge in [-0.15, -0.1) is 0 Å². The molecule has 0 radical (unpaired) electrons. The summed E-state index contributed by atoms with van der Waals surface area (Å²) in [5.41, 5.74) is 13.1. The first-order valence-corrected chi connectivity index (χ1v) is 10.7. The van der Waals surface area contributed by atoms with Gasteiger partial charge in [0, 0.05) is 20.8 Å². The predicted octanol–water partition coefficient (Wildman–Crippen LogP) is 5.40. The van der Waals surface area contributed by atoms with Crippen LogP contribution in [0.5, 0.6) is 0 Å². The minimum atomic E-state index is -1.04. The van der Waals surface area contributed by atoms with E-state index in [1.165, 1.54) is 0 Å². The van der Waals surface area contributed by atoms with Crippen molar-refractivity contribution in [3.8, 4) is 0 Å². The van der Waals surface area contributed by atoms with Crippen molar-refractivity contribution in [3.05, 3.63) is 70.0 Å². The Labute approximate surface area is 196 Å². The van der Waals surface area contributed by atoms with Gasteiger partial charge in [0.1, 0.15) is 11.2 Å². The third-order valence-corrected chi connectivity index (χ3v) is 5.24. The fourth-order valence-electron chi connectivity index (χ4n) is 3.31. The van der Waals surface area contributed by atoms with Gasteiger partial charge in [-0.25, -0.2) is 9.97 Å². The number of benzene rings is 2. The summed E-state index contributed by atoms with van der Waals surface area (Å²) < 4.78 is 0. The van der Waals surface area contributed by atoms with Crippen molar-refractivity contribution >= 4 is 56.4 Å². The van der Waals surface area contributed by atoms with Gasteiger partial charge in [-0.3, -0.25) is 0 Å². The highest BCUT2D eigenvalue weighted by atomic mass is 35.5. The summed E-state index contributed by atoms with van der Waals surface area (Å²) in [7, 11) is 0. The summed E-state index contributed by atoms with van der Waals surface area (Å²) in [5.74, 6) is 0. The van der Waals surface area contributed by atoms with Crippen LogP contribution >= 0.6 is 23.2 Å². The van der Waals surface area contributed by atoms with Gasteiger partial charge in [-0.1, -0.05) is 23.2 Å². The van der Waals surface area contributed by atoms with E-state index in [1.807, 2.05) is 12.1 Å². The van der Waals surface area contributed by atoms with Crippen LogP contribution in [0, 0.1) is 0 Å². The number of fused-ring (bicyclic) bond motifs is 2. The lowest BCUT2D eigenvalue weighted by Crippen LogP contribution is -2.19. The smallest absolute Gasteiger partial charge is 0.103 e. The zero-order valence-electron chi connectivity index (χ0n) is 18.3. The minimum absolute atomic E-state index is 0.474. The highest BCUT2D eigenvalue weighted by molar-refractivity contribution is 6.31.